The van der Waals surface area contributed by atoms with Crippen molar-refractivity contribution in [2.45, 2.75) is 6.61 Å². The number of nitrogens with one attached hydrogen (secondary N) is 1. The van der Waals surface area contributed by atoms with Crippen molar-refractivity contribution in [3.05, 3.63) is 70.5 Å². The number of aromatic amines is 1. The van der Waals surface area contributed by atoms with Gasteiger partial charge in [-0.15, -0.1) is 11.3 Å². The topological polar surface area (TPSA) is 68.4 Å². The Labute approximate surface area is 163 Å². The highest BCUT2D eigenvalue weighted by Crippen LogP contribution is 2.34. The molecule has 4 aromatic rings. The van der Waals surface area contributed by atoms with E-state index in [4.69, 9.17) is 9.47 Å². The number of benzene rings is 2. The average molecular weight is 397 g/mol. The first-order chi connectivity index (χ1) is 13.6. The van der Waals surface area contributed by atoms with Crippen LogP contribution >= 0.6 is 11.3 Å². The number of hydrogen-bond acceptors (Lipinski definition) is 5. The van der Waals surface area contributed by atoms with E-state index in [1.54, 1.807) is 18.3 Å². The summed E-state index contributed by atoms with van der Waals surface area (Å²) >= 11 is 1.13. The molecular weight excluding hydrogens is 381 g/mol. The Hall–Kier alpha value is -3.03. The minimum atomic E-state index is -0.666. The van der Waals surface area contributed by atoms with Crippen LogP contribution in [0.2, 0.25) is 0 Å². The summed E-state index contributed by atoms with van der Waals surface area (Å²) in [5, 5.41) is 1.12. The minimum absolute atomic E-state index is 0.0712. The molecule has 2 aromatic heterocycles. The first-order valence-corrected chi connectivity index (χ1v) is 9.37. The molecule has 0 amide bonds. The number of fused-ring (bicyclic) bond motifs is 2. The highest BCUT2D eigenvalue weighted by Gasteiger charge is 2.23. The Kier molecular flexibility index (Phi) is 4.93. The number of halogens is 1. The molecule has 0 spiro atoms. The van der Waals surface area contributed by atoms with Crippen molar-refractivity contribution >= 4 is 44.1 Å². The van der Waals surface area contributed by atoms with Crippen molar-refractivity contribution in [1.29, 1.82) is 0 Å². The van der Waals surface area contributed by atoms with Gasteiger partial charge in [-0.25, -0.2) is 9.18 Å². The molecule has 0 radical (unpaired) electrons. The van der Waals surface area contributed by atoms with Gasteiger partial charge >= 0.3 is 5.97 Å². The molecule has 4 rings (SSSR count). The van der Waals surface area contributed by atoms with Crippen LogP contribution < -0.4 is 0 Å². The lowest BCUT2D eigenvalue weighted by molar-refractivity contribution is 0.0476. The first kappa shape index (κ1) is 18.3. The maximum atomic E-state index is 14.2. The maximum absolute atomic E-state index is 14.2. The molecule has 28 heavy (non-hydrogen) atoms. The highest BCUT2D eigenvalue weighted by molar-refractivity contribution is 7.21. The molecule has 0 saturated heterocycles. The van der Waals surface area contributed by atoms with Crippen molar-refractivity contribution < 1.29 is 23.5 Å². The summed E-state index contributed by atoms with van der Waals surface area (Å²) in [6.07, 6.45) is 1.60. The third-order valence-corrected chi connectivity index (χ3v) is 5.64. The van der Waals surface area contributed by atoms with Crippen LogP contribution in [0.3, 0.4) is 0 Å². The number of Topliss-reactive ketones (excluding diaryl/α,β-unsaturated/α-hetero) is 1. The molecule has 142 valence electrons. The van der Waals surface area contributed by atoms with E-state index in [1.165, 1.54) is 13.2 Å². The minimum Gasteiger partial charge on any atom is -0.453 e. The van der Waals surface area contributed by atoms with Crippen molar-refractivity contribution in [3.8, 4) is 0 Å². The van der Waals surface area contributed by atoms with Crippen LogP contribution in [0, 0.1) is 5.82 Å². The smallest absolute Gasteiger partial charge is 0.349 e. The predicted molar refractivity (Wildman–Crippen MR) is 105 cm³/mol. The summed E-state index contributed by atoms with van der Waals surface area (Å²) in [5.41, 5.74) is 1.73. The first-order valence-electron chi connectivity index (χ1n) is 8.55. The normalized spacial score (nSPS) is 11.2. The van der Waals surface area contributed by atoms with E-state index in [9.17, 15) is 14.0 Å². The summed E-state index contributed by atoms with van der Waals surface area (Å²) in [7, 11) is 1.47. The number of methoxy groups -OCH3 is 1. The Morgan fingerprint density at radius 1 is 1.14 bits per heavy atom. The predicted octanol–water partition coefficient (Wildman–Crippen LogP) is 4.71. The van der Waals surface area contributed by atoms with Crippen LogP contribution in [-0.4, -0.2) is 30.5 Å². The highest BCUT2D eigenvalue weighted by atomic mass is 32.1. The van der Waals surface area contributed by atoms with Gasteiger partial charge in [0.2, 0.25) is 5.78 Å². The zero-order valence-electron chi connectivity index (χ0n) is 15.0. The molecule has 5 nitrogen and oxygen atoms in total. The van der Waals surface area contributed by atoms with Crippen molar-refractivity contribution in [1.82, 2.24) is 4.98 Å². The lowest BCUT2D eigenvalue weighted by Gasteiger charge is -2.05. The average Bonchev–Trinajstić information content (AvgIpc) is 3.29. The van der Waals surface area contributed by atoms with Gasteiger partial charge in [-0.2, -0.15) is 0 Å². The maximum Gasteiger partial charge on any atom is 0.349 e. The lowest BCUT2D eigenvalue weighted by atomic mass is 10.1. The van der Waals surface area contributed by atoms with Crippen LogP contribution in [0.1, 0.15) is 25.6 Å². The molecule has 0 saturated carbocycles. The fraction of sp³-hybridized carbons (Fsp3) is 0.143. The number of para-hydroxylation sites is 1. The van der Waals surface area contributed by atoms with Gasteiger partial charge in [0.1, 0.15) is 10.7 Å². The van der Waals surface area contributed by atoms with Crippen LogP contribution in [0.4, 0.5) is 4.39 Å². The van der Waals surface area contributed by atoms with Crippen molar-refractivity contribution in [2.75, 3.05) is 13.7 Å². The Balaban J connectivity index is 1.58. The number of carbonyl (C=O) groups excluding carboxylic acids is 2. The number of hydrogen-bond donors (Lipinski definition) is 1. The largest absolute Gasteiger partial charge is 0.453 e. The van der Waals surface area contributed by atoms with Gasteiger partial charge in [-0.1, -0.05) is 24.3 Å². The standard InChI is InChI=1S/C21H16FNO4S/c1-26-10-14-19-15(22)6-4-8-18(19)28-20(14)21(25)27-11-17(24)13-9-23-16-7-3-2-5-12(13)16/h2-9,23H,10-11H2,1H3. The van der Waals surface area contributed by atoms with Gasteiger partial charge in [0.25, 0.3) is 0 Å². The van der Waals surface area contributed by atoms with Gasteiger partial charge in [-0.3, -0.25) is 4.79 Å². The summed E-state index contributed by atoms with van der Waals surface area (Å²) in [6.45, 7) is -0.328. The summed E-state index contributed by atoms with van der Waals surface area (Å²) in [5.74, 6) is -1.40. The third kappa shape index (κ3) is 3.19. The number of carbonyl (C=O) groups is 2. The lowest BCUT2D eigenvalue weighted by Crippen LogP contribution is -2.14. The van der Waals surface area contributed by atoms with Gasteiger partial charge in [-0.05, 0) is 18.2 Å². The number of esters is 1. The number of aromatic nitrogens is 1. The second-order valence-corrected chi connectivity index (χ2v) is 7.26. The molecule has 0 atom stereocenters. The fourth-order valence-electron chi connectivity index (χ4n) is 3.19. The summed E-state index contributed by atoms with van der Waals surface area (Å²) < 4.78 is 25.2. The molecule has 2 heterocycles. The summed E-state index contributed by atoms with van der Waals surface area (Å²) in [6, 6.07) is 12.0. The molecule has 2 aromatic carbocycles. The molecule has 0 aliphatic rings. The van der Waals surface area contributed by atoms with Gasteiger partial charge in [0.15, 0.2) is 6.61 Å². The second-order valence-electron chi connectivity index (χ2n) is 6.20. The Bertz CT molecular complexity index is 1190. The van der Waals surface area contributed by atoms with Gasteiger partial charge in [0, 0.05) is 45.4 Å². The van der Waals surface area contributed by atoms with Crippen LogP contribution in [-0.2, 0) is 16.1 Å². The number of ketones is 1. The van der Waals surface area contributed by atoms with E-state index in [2.05, 4.69) is 4.98 Å². The molecule has 0 fully saturated rings. The molecular formula is C21H16FNO4S. The van der Waals surface area contributed by atoms with E-state index in [0.29, 0.717) is 21.2 Å². The number of ether oxygens (including phenoxy) is 2. The number of thiophene rings is 1. The Morgan fingerprint density at radius 2 is 1.96 bits per heavy atom. The van der Waals surface area contributed by atoms with Crippen molar-refractivity contribution in [2.24, 2.45) is 0 Å². The molecule has 0 unspecified atom stereocenters. The zero-order chi connectivity index (χ0) is 19.7. The van der Waals surface area contributed by atoms with Gasteiger partial charge < -0.3 is 14.5 Å². The number of rotatable bonds is 6. The van der Waals surface area contributed by atoms with E-state index in [1.807, 2.05) is 24.3 Å². The molecule has 1 N–H and O–H groups in total. The van der Waals surface area contributed by atoms with Crippen LogP contribution in [0.25, 0.3) is 21.0 Å². The molecule has 0 aliphatic carbocycles. The van der Waals surface area contributed by atoms with Crippen molar-refractivity contribution in [3.63, 3.8) is 0 Å². The second kappa shape index (κ2) is 7.53. The molecule has 0 bridgehead atoms. The van der Waals surface area contributed by atoms with Gasteiger partial charge in [0.05, 0.1) is 6.61 Å². The fourth-order valence-corrected chi connectivity index (χ4v) is 4.31. The monoisotopic (exact) mass is 397 g/mol. The quantitative estimate of drug-likeness (QED) is 0.378. The Morgan fingerprint density at radius 3 is 2.79 bits per heavy atom. The van der Waals surface area contributed by atoms with E-state index < -0.39 is 18.4 Å². The SMILES string of the molecule is COCc1c(C(=O)OCC(=O)c2c[nH]c3ccccc23)sc2cccc(F)c12. The van der Waals surface area contributed by atoms with Crippen LogP contribution in [0.15, 0.2) is 48.7 Å². The van der Waals surface area contributed by atoms with E-state index in [-0.39, 0.29) is 17.3 Å². The molecule has 0 aliphatic heterocycles. The van der Waals surface area contributed by atoms with Crippen LogP contribution in [0.5, 0.6) is 0 Å². The van der Waals surface area contributed by atoms with E-state index >= 15 is 0 Å². The third-order valence-electron chi connectivity index (χ3n) is 4.46. The van der Waals surface area contributed by atoms with E-state index in [0.717, 1.165) is 22.2 Å². The summed E-state index contributed by atoms with van der Waals surface area (Å²) in [4.78, 5) is 28.4. The zero-order valence-corrected chi connectivity index (χ0v) is 15.8. The number of H-pyrrole nitrogens is 1. The molecule has 7 heteroatoms.